The SMILES string of the molecule is CC(O)CC1COCCN1c1nc(-c2ccsc2)nc2ccccc12. The molecule has 0 amide bonds. The first-order valence-corrected chi connectivity index (χ1v) is 9.48. The maximum Gasteiger partial charge on any atom is 0.162 e. The molecule has 1 N–H and O–H groups in total. The number of anilines is 1. The van der Waals surface area contributed by atoms with Gasteiger partial charge < -0.3 is 14.7 Å². The molecule has 25 heavy (non-hydrogen) atoms. The zero-order chi connectivity index (χ0) is 17.2. The number of morpholine rings is 1. The Balaban J connectivity index is 1.84. The minimum Gasteiger partial charge on any atom is -0.393 e. The summed E-state index contributed by atoms with van der Waals surface area (Å²) in [6.45, 7) is 3.86. The molecule has 0 bridgehead atoms. The molecule has 0 saturated carbocycles. The number of hydrogen-bond acceptors (Lipinski definition) is 6. The van der Waals surface area contributed by atoms with E-state index >= 15 is 0 Å². The lowest BCUT2D eigenvalue weighted by atomic mass is 10.1. The van der Waals surface area contributed by atoms with Crippen molar-refractivity contribution in [3.05, 3.63) is 41.1 Å². The molecule has 2 unspecified atom stereocenters. The Kier molecular flexibility index (Phi) is 4.65. The smallest absolute Gasteiger partial charge is 0.162 e. The van der Waals surface area contributed by atoms with Crippen molar-refractivity contribution in [3.8, 4) is 11.4 Å². The van der Waals surface area contributed by atoms with Crippen LogP contribution in [0.2, 0.25) is 0 Å². The van der Waals surface area contributed by atoms with Crippen molar-refractivity contribution in [1.82, 2.24) is 9.97 Å². The third kappa shape index (κ3) is 3.38. The average molecular weight is 355 g/mol. The highest BCUT2D eigenvalue weighted by Gasteiger charge is 2.27. The molecule has 6 heteroatoms. The summed E-state index contributed by atoms with van der Waals surface area (Å²) < 4.78 is 5.65. The summed E-state index contributed by atoms with van der Waals surface area (Å²) in [4.78, 5) is 11.9. The lowest BCUT2D eigenvalue weighted by molar-refractivity contribution is 0.0719. The van der Waals surface area contributed by atoms with Crippen LogP contribution in [0.4, 0.5) is 5.82 Å². The highest BCUT2D eigenvalue weighted by atomic mass is 32.1. The van der Waals surface area contributed by atoms with Crippen LogP contribution < -0.4 is 4.90 Å². The molecule has 3 aromatic rings. The predicted octanol–water partition coefficient (Wildman–Crippen LogP) is 3.33. The van der Waals surface area contributed by atoms with Crippen LogP contribution in [-0.4, -0.2) is 47.0 Å². The van der Waals surface area contributed by atoms with Crippen LogP contribution in [-0.2, 0) is 4.74 Å². The van der Waals surface area contributed by atoms with E-state index in [0.717, 1.165) is 34.7 Å². The number of hydrogen-bond donors (Lipinski definition) is 1. The zero-order valence-corrected chi connectivity index (χ0v) is 14.9. The molecule has 4 rings (SSSR count). The van der Waals surface area contributed by atoms with Crippen LogP contribution in [0.25, 0.3) is 22.3 Å². The van der Waals surface area contributed by atoms with Crippen LogP contribution >= 0.6 is 11.3 Å². The van der Waals surface area contributed by atoms with Crippen molar-refractivity contribution in [2.45, 2.75) is 25.5 Å². The fraction of sp³-hybridized carbons (Fsp3) is 0.368. The molecular formula is C19H21N3O2S. The van der Waals surface area contributed by atoms with Crippen molar-refractivity contribution in [1.29, 1.82) is 0 Å². The number of benzene rings is 1. The summed E-state index contributed by atoms with van der Waals surface area (Å²) in [6.07, 6.45) is 0.283. The number of rotatable bonds is 4. The van der Waals surface area contributed by atoms with Crippen LogP contribution in [0.1, 0.15) is 13.3 Å². The third-order valence-electron chi connectivity index (χ3n) is 4.48. The van der Waals surface area contributed by atoms with Gasteiger partial charge in [-0.2, -0.15) is 11.3 Å². The second-order valence-electron chi connectivity index (χ2n) is 6.41. The Morgan fingerprint density at radius 1 is 1.32 bits per heavy atom. The number of para-hydroxylation sites is 1. The van der Waals surface area contributed by atoms with Crippen molar-refractivity contribution in [2.24, 2.45) is 0 Å². The van der Waals surface area contributed by atoms with Crippen molar-refractivity contribution in [2.75, 3.05) is 24.7 Å². The number of thiophene rings is 1. The lowest BCUT2D eigenvalue weighted by Crippen LogP contribution is -2.47. The van der Waals surface area contributed by atoms with Crippen LogP contribution in [0, 0.1) is 0 Å². The maximum absolute atomic E-state index is 9.87. The molecular weight excluding hydrogens is 334 g/mol. The van der Waals surface area contributed by atoms with Crippen molar-refractivity contribution >= 4 is 28.1 Å². The quantitative estimate of drug-likeness (QED) is 0.778. The number of ether oxygens (including phenoxy) is 1. The third-order valence-corrected chi connectivity index (χ3v) is 5.16. The van der Waals surface area contributed by atoms with Gasteiger partial charge in [0.15, 0.2) is 5.82 Å². The predicted molar refractivity (Wildman–Crippen MR) is 101 cm³/mol. The molecule has 2 aromatic heterocycles. The Morgan fingerprint density at radius 2 is 2.20 bits per heavy atom. The molecule has 1 fully saturated rings. The van der Waals surface area contributed by atoms with Crippen molar-refractivity contribution in [3.63, 3.8) is 0 Å². The molecule has 130 valence electrons. The number of aliphatic hydroxyl groups excluding tert-OH is 1. The number of aromatic nitrogens is 2. The van der Waals surface area contributed by atoms with E-state index in [-0.39, 0.29) is 12.1 Å². The van der Waals surface area contributed by atoms with Gasteiger partial charge in [-0.25, -0.2) is 9.97 Å². The summed E-state index contributed by atoms with van der Waals surface area (Å²) in [5.41, 5.74) is 1.98. The second kappa shape index (κ2) is 7.07. The van der Waals surface area contributed by atoms with E-state index in [9.17, 15) is 5.11 Å². The molecule has 5 nitrogen and oxygen atoms in total. The van der Waals surface area contributed by atoms with Crippen LogP contribution in [0.3, 0.4) is 0 Å². The first-order valence-electron chi connectivity index (χ1n) is 8.54. The van der Waals surface area contributed by atoms with Gasteiger partial charge in [-0.15, -0.1) is 0 Å². The molecule has 1 aromatic carbocycles. The summed E-state index contributed by atoms with van der Waals surface area (Å²) in [7, 11) is 0. The first-order chi connectivity index (χ1) is 12.2. The summed E-state index contributed by atoms with van der Waals surface area (Å²) in [6, 6.07) is 10.3. The van der Waals surface area contributed by atoms with Gasteiger partial charge in [0.05, 0.1) is 30.9 Å². The second-order valence-corrected chi connectivity index (χ2v) is 7.19. The molecule has 1 aliphatic heterocycles. The van der Waals surface area contributed by atoms with Gasteiger partial charge in [0.2, 0.25) is 0 Å². The van der Waals surface area contributed by atoms with Gasteiger partial charge in [-0.3, -0.25) is 0 Å². The van der Waals surface area contributed by atoms with Gasteiger partial charge in [-0.05, 0) is 36.9 Å². The number of nitrogens with zero attached hydrogens (tertiary/aromatic N) is 3. The molecule has 1 saturated heterocycles. The van der Waals surface area contributed by atoms with Crippen LogP contribution in [0.15, 0.2) is 41.1 Å². The zero-order valence-electron chi connectivity index (χ0n) is 14.1. The Labute approximate surface area is 150 Å². The largest absolute Gasteiger partial charge is 0.393 e. The van der Waals surface area contributed by atoms with Crippen LogP contribution in [0.5, 0.6) is 0 Å². The fourth-order valence-corrected chi connectivity index (χ4v) is 3.96. The standard InChI is InChI=1S/C19H21N3O2S/c1-13(23)10-15-11-24-8-7-22(15)19-16-4-2-3-5-17(16)20-18(21-19)14-6-9-25-12-14/h2-6,9,12-13,15,23H,7-8,10-11H2,1H3. The summed E-state index contributed by atoms with van der Waals surface area (Å²) in [5.74, 6) is 1.68. The Hall–Kier alpha value is -2.02. The number of aliphatic hydroxyl groups is 1. The normalized spacial score (nSPS) is 19.3. The average Bonchev–Trinajstić information content (AvgIpc) is 3.15. The fourth-order valence-electron chi connectivity index (χ4n) is 3.32. The van der Waals surface area contributed by atoms with Gasteiger partial charge in [-0.1, -0.05) is 12.1 Å². The van der Waals surface area contributed by atoms with E-state index in [1.165, 1.54) is 0 Å². The van der Waals surface area contributed by atoms with Gasteiger partial charge >= 0.3 is 0 Å². The molecule has 0 aliphatic carbocycles. The Bertz CT molecular complexity index is 851. The number of fused-ring (bicyclic) bond motifs is 1. The topological polar surface area (TPSA) is 58.5 Å². The van der Waals surface area contributed by atoms with E-state index in [1.54, 1.807) is 11.3 Å². The maximum atomic E-state index is 9.87. The molecule has 3 heterocycles. The highest BCUT2D eigenvalue weighted by molar-refractivity contribution is 7.08. The van der Waals surface area contributed by atoms with E-state index in [4.69, 9.17) is 14.7 Å². The summed E-state index contributed by atoms with van der Waals surface area (Å²) >= 11 is 1.64. The highest BCUT2D eigenvalue weighted by Crippen LogP contribution is 2.31. The first kappa shape index (κ1) is 16.4. The van der Waals surface area contributed by atoms with Gasteiger partial charge in [0, 0.05) is 22.9 Å². The summed E-state index contributed by atoms with van der Waals surface area (Å²) in [5, 5.41) is 15.0. The van der Waals surface area contributed by atoms with E-state index in [0.29, 0.717) is 19.6 Å². The van der Waals surface area contributed by atoms with Gasteiger partial charge in [0.25, 0.3) is 0 Å². The van der Waals surface area contributed by atoms with Crippen molar-refractivity contribution < 1.29 is 9.84 Å². The molecule has 1 aliphatic rings. The molecule has 0 spiro atoms. The molecule has 0 radical (unpaired) electrons. The minimum absolute atomic E-state index is 0.113. The minimum atomic E-state index is -0.376. The lowest BCUT2D eigenvalue weighted by Gasteiger charge is -2.37. The van der Waals surface area contributed by atoms with E-state index in [2.05, 4.69) is 16.3 Å². The van der Waals surface area contributed by atoms with E-state index in [1.807, 2.05) is 36.6 Å². The molecule has 2 atom stereocenters. The van der Waals surface area contributed by atoms with E-state index < -0.39 is 0 Å². The Morgan fingerprint density at radius 3 is 3.00 bits per heavy atom. The monoisotopic (exact) mass is 355 g/mol. The van der Waals surface area contributed by atoms with Gasteiger partial charge in [0.1, 0.15) is 5.82 Å².